The standard InChI is InChI=1S/C18H20N2O4S2/c1-2-13-20(16-7-4-3-5-8-16)26(23,24)18-10-6-9-17(14-18)25(21,22)19-15-11-12-15/h2-10,14-15,19H,1,11-13H2. The molecule has 0 amide bonds. The van der Waals surface area contributed by atoms with Gasteiger partial charge in [0.2, 0.25) is 10.0 Å². The van der Waals surface area contributed by atoms with Crippen molar-refractivity contribution in [3.05, 3.63) is 67.3 Å². The third kappa shape index (κ3) is 3.98. The molecular weight excluding hydrogens is 372 g/mol. The van der Waals surface area contributed by atoms with Crippen LogP contribution in [0.5, 0.6) is 0 Å². The Morgan fingerprint density at radius 1 is 1.00 bits per heavy atom. The van der Waals surface area contributed by atoms with Gasteiger partial charge in [-0.25, -0.2) is 21.6 Å². The first-order valence-corrected chi connectivity index (χ1v) is 11.1. The van der Waals surface area contributed by atoms with Crippen molar-refractivity contribution < 1.29 is 16.8 Å². The summed E-state index contributed by atoms with van der Waals surface area (Å²) in [6, 6.07) is 14.0. The van der Waals surface area contributed by atoms with Crippen LogP contribution >= 0.6 is 0 Å². The molecular formula is C18H20N2O4S2. The lowest BCUT2D eigenvalue weighted by Gasteiger charge is -2.23. The highest BCUT2D eigenvalue weighted by molar-refractivity contribution is 7.93. The minimum atomic E-state index is -3.94. The Hall–Kier alpha value is -2.16. The third-order valence-corrected chi connectivity index (χ3v) is 7.25. The van der Waals surface area contributed by atoms with Crippen LogP contribution in [-0.2, 0) is 20.0 Å². The monoisotopic (exact) mass is 392 g/mol. The van der Waals surface area contributed by atoms with E-state index in [-0.39, 0.29) is 22.4 Å². The first-order valence-electron chi connectivity index (χ1n) is 8.16. The molecule has 2 aromatic carbocycles. The molecule has 2 aromatic rings. The molecule has 0 aliphatic heterocycles. The molecule has 0 saturated heterocycles. The van der Waals surface area contributed by atoms with Gasteiger partial charge in [-0.3, -0.25) is 4.31 Å². The summed E-state index contributed by atoms with van der Waals surface area (Å²) in [6.07, 6.45) is 3.09. The first kappa shape index (κ1) is 18.6. The predicted molar refractivity (Wildman–Crippen MR) is 101 cm³/mol. The van der Waals surface area contributed by atoms with Crippen LogP contribution in [0, 0.1) is 0 Å². The minimum Gasteiger partial charge on any atom is -0.263 e. The quantitative estimate of drug-likeness (QED) is 0.700. The van der Waals surface area contributed by atoms with Crippen LogP contribution in [0.15, 0.2) is 77.0 Å². The van der Waals surface area contributed by atoms with Crippen molar-refractivity contribution in [3.63, 3.8) is 0 Å². The highest BCUT2D eigenvalue weighted by atomic mass is 32.2. The molecule has 0 unspecified atom stereocenters. The van der Waals surface area contributed by atoms with E-state index in [9.17, 15) is 16.8 Å². The Kier molecular flexibility index (Phi) is 5.17. The predicted octanol–water partition coefficient (Wildman–Crippen LogP) is 2.51. The van der Waals surface area contributed by atoms with E-state index in [1.165, 1.54) is 34.6 Å². The van der Waals surface area contributed by atoms with Crippen molar-refractivity contribution in [1.82, 2.24) is 4.72 Å². The number of hydrogen-bond acceptors (Lipinski definition) is 4. The van der Waals surface area contributed by atoms with E-state index in [4.69, 9.17) is 0 Å². The van der Waals surface area contributed by atoms with Gasteiger partial charge in [0.1, 0.15) is 0 Å². The maximum absolute atomic E-state index is 13.1. The van der Waals surface area contributed by atoms with Crippen LogP contribution < -0.4 is 9.03 Å². The number of nitrogens with zero attached hydrogens (tertiary/aromatic N) is 1. The van der Waals surface area contributed by atoms with Crippen molar-refractivity contribution in [3.8, 4) is 0 Å². The number of para-hydroxylation sites is 1. The van der Waals surface area contributed by atoms with Crippen LogP contribution in [-0.4, -0.2) is 29.4 Å². The van der Waals surface area contributed by atoms with Crippen LogP contribution in [0.25, 0.3) is 0 Å². The van der Waals surface area contributed by atoms with E-state index < -0.39 is 20.0 Å². The average molecular weight is 393 g/mol. The van der Waals surface area contributed by atoms with E-state index in [2.05, 4.69) is 11.3 Å². The fourth-order valence-corrected chi connectivity index (χ4v) is 5.38. The lowest BCUT2D eigenvalue weighted by atomic mass is 10.3. The van der Waals surface area contributed by atoms with Crippen LogP contribution in [0.2, 0.25) is 0 Å². The van der Waals surface area contributed by atoms with Crippen molar-refractivity contribution in [2.45, 2.75) is 28.7 Å². The molecule has 26 heavy (non-hydrogen) atoms. The number of anilines is 1. The Morgan fingerprint density at radius 3 is 2.27 bits per heavy atom. The molecule has 0 spiro atoms. The molecule has 0 atom stereocenters. The molecule has 1 fully saturated rings. The summed E-state index contributed by atoms with van der Waals surface area (Å²) in [5, 5.41) is 0. The summed E-state index contributed by atoms with van der Waals surface area (Å²) in [4.78, 5) is -0.140. The maximum atomic E-state index is 13.1. The summed E-state index contributed by atoms with van der Waals surface area (Å²) < 4.78 is 54.7. The minimum absolute atomic E-state index is 0.0538. The summed E-state index contributed by atoms with van der Waals surface area (Å²) in [5.41, 5.74) is 0.483. The number of rotatable bonds is 8. The average Bonchev–Trinajstić information content (AvgIpc) is 3.43. The second-order valence-electron chi connectivity index (χ2n) is 6.03. The third-order valence-electron chi connectivity index (χ3n) is 3.94. The lowest BCUT2D eigenvalue weighted by molar-refractivity contribution is 0.580. The summed E-state index contributed by atoms with van der Waals surface area (Å²) in [7, 11) is -7.68. The van der Waals surface area contributed by atoms with Gasteiger partial charge in [-0.2, -0.15) is 0 Å². The van der Waals surface area contributed by atoms with Gasteiger partial charge in [0.05, 0.1) is 22.0 Å². The lowest BCUT2D eigenvalue weighted by Crippen LogP contribution is -2.31. The van der Waals surface area contributed by atoms with Gasteiger partial charge in [-0.15, -0.1) is 6.58 Å². The molecule has 0 bridgehead atoms. The highest BCUT2D eigenvalue weighted by Gasteiger charge is 2.30. The van der Waals surface area contributed by atoms with Gasteiger partial charge in [0, 0.05) is 6.04 Å². The largest absolute Gasteiger partial charge is 0.264 e. The second-order valence-corrected chi connectivity index (χ2v) is 9.61. The van der Waals surface area contributed by atoms with Crippen LogP contribution in [0.3, 0.4) is 0 Å². The van der Waals surface area contributed by atoms with Crippen molar-refractivity contribution in [1.29, 1.82) is 0 Å². The Morgan fingerprint density at radius 2 is 1.65 bits per heavy atom. The van der Waals surface area contributed by atoms with Gasteiger partial charge in [0.25, 0.3) is 10.0 Å². The fraction of sp³-hybridized carbons (Fsp3) is 0.222. The number of nitrogens with one attached hydrogen (secondary N) is 1. The summed E-state index contributed by atoms with van der Waals surface area (Å²) in [6.45, 7) is 3.69. The van der Waals surface area contributed by atoms with Crippen molar-refractivity contribution in [2.75, 3.05) is 10.8 Å². The summed E-state index contributed by atoms with van der Waals surface area (Å²) >= 11 is 0. The topological polar surface area (TPSA) is 83.6 Å². The van der Waals surface area contributed by atoms with Crippen molar-refractivity contribution in [2.24, 2.45) is 0 Å². The number of benzene rings is 2. The molecule has 6 nitrogen and oxygen atoms in total. The molecule has 0 aromatic heterocycles. The zero-order valence-corrected chi connectivity index (χ0v) is 15.7. The highest BCUT2D eigenvalue weighted by Crippen LogP contribution is 2.26. The van der Waals surface area contributed by atoms with Gasteiger partial charge < -0.3 is 0 Å². The number of sulfonamides is 2. The SMILES string of the molecule is C=CCN(c1ccccc1)S(=O)(=O)c1cccc(S(=O)(=O)NC2CC2)c1. The van der Waals surface area contributed by atoms with E-state index in [0.29, 0.717) is 5.69 Å². The van der Waals surface area contributed by atoms with E-state index in [0.717, 1.165) is 12.8 Å². The van der Waals surface area contributed by atoms with Gasteiger partial charge in [0.15, 0.2) is 0 Å². The van der Waals surface area contributed by atoms with Crippen LogP contribution in [0.1, 0.15) is 12.8 Å². The molecule has 3 rings (SSSR count). The zero-order valence-electron chi connectivity index (χ0n) is 14.1. The Bertz CT molecular complexity index is 998. The van der Waals surface area contributed by atoms with Gasteiger partial charge in [-0.1, -0.05) is 30.3 Å². The molecule has 138 valence electrons. The smallest absolute Gasteiger partial charge is 0.263 e. The van der Waals surface area contributed by atoms with E-state index >= 15 is 0 Å². The molecule has 8 heteroatoms. The molecule has 0 heterocycles. The van der Waals surface area contributed by atoms with E-state index in [1.54, 1.807) is 30.3 Å². The summed E-state index contributed by atoms with van der Waals surface area (Å²) in [5.74, 6) is 0. The molecule has 0 radical (unpaired) electrons. The Balaban J connectivity index is 2.00. The zero-order chi connectivity index (χ0) is 18.8. The molecule has 1 N–H and O–H groups in total. The maximum Gasteiger partial charge on any atom is 0.264 e. The van der Waals surface area contributed by atoms with Gasteiger partial charge >= 0.3 is 0 Å². The van der Waals surface area contributed by atoms with Crippen molar-refractivity contribution >= 4 is 25.7 Å². The number of hydrogen-bond donors (Lipinski definition) is 1. The van der Waals surface area contributed by atoms with E-state index in [1.807, 2.05) is 0 Å². The Labute approximate surface area is 154 Å². The van der Waals surface area contributed by atoms with Crippen LogP contribution in [0.4, 0.5) is 5.69 Å². The van der Waals surface area contributed by atoms with Gasteiger partial charge in [-0.05, 0) is 43.2 Å². The molecule has 1 aliphatic carbocycles. The fourth-order valence-electron chi connectivity index (χ4n) is 2.47. The molecule has 1 saturated carbocycles. The first-order chi connectivity index (χ1) is 12.3. The molecule has 1 aliphatic rings. The normalized spacial score (nSPS) is 14.8. The second kappa shape index (κ2) is 7.22.